The van der Waals surface area contributed by atoms with E-state index in [1.807, 2.05) is 6.08 Å². The Labute approximate surface area is 82.8 Å². The highest BCUT2D eigenvalue weighted by atomic mass is 16.7. The maximum Gasteiger partial charge on any atom is 0.330 e. The molecule has 1 aliphatic carbocycles. The average Bonchev–Trinajstić information content (AvgIpc) is 2.67. The van der Waals surface area contributed by atoms with Crippen molar-refractivity contribution in [1.82, 2.24) is 0 Å². The molecule has 4 nitrogen and oxygen atoms in total. The third-order valence-corrected chi connectivity index (χ3v) is 2.81. The first-order valence-electron chi connectivity index (χ1n) is 4.81. The maximum atomic E-state index is 10.9. The first-order chi connectivity index (χ1) is 6.77. The largest absolute Gasteiger partial charge is 0.466 e. The third-order valence-electron chi connectivity index (χ3n) is 2.81. The van der Waals surface area contributed by atoms with Crippen LogP contribution in [0.1, 0.15) is 12.8 Å². The number of hydrogen-bond donors (Lipinski definition) is 0. The third kappa shape index (κ3) is 1.55. The molecule has 1 atom stereocenters. The van der Waals surface area contributed by atoms with Gasteiger partial charge in [0.15, 0.2) is 5.79 Å². The number of rotatable bonds is 2. The van der Waals surface area contributed by atoms with Crippen molar-refractivity contribution in [3.63, 3.8) is 0 Å². The van der Waals surface area contributed by atoms with Gasteiger partial charge in [0.2, 0.25) is 0 Å². The van der Waals surface area contributed by atoms with E-state index in [4.69, 9.17) is 9.47 Å². The van der Waals surface area contributed by atoms with Crippen LogP contribution in [0.5, 0.6) is 0 Å². The van der Waals surface area contributed by atoms with E-state index in [1.54, 1.807) is 0 Å². The molecule has 1 unspecified atom stereocenters. The van der Waals surface area contributed by atoms with Crippen LogP contribution in [0.25, 0.3) is 0 Å². The molecule has 0 bridgehead atoms. The molecule has 0 radical (unpaired) electrons. The van der Waals surface area contributed by atoms with E-state index in [0.29, 0.717) is 13.2 Å². The van der Waals surface area contributed by atoms with Gasteiger partial charge >= 0.3 is 5.97 Å². The van der Waals surface area contributed by atoms with Crippen LogP contribution in [0.15, 0.2) is 12.2 Å². The lowest BCUT2D eigenvalue weighted by molar-refractivity contribution is -0.234. The van der Waals surface area contributed by atoms with Gasteiger partial charge in [0.1, 0.15) is 0 Å². The van der Waals surface area contributed by atoms with Crippen molar-refractivity contribution in [2.24, 2.45) is 5.92 Å². The Morgan fingerprint density at radius 2 is 2.21 bits per heavy atom. The summed E-state index contributed by atoms with van der Waals surface area (Å²) >= 11 is 0. The Morgan fingerprint density at radius 1 is 1.50 bits per heavy atom. The molecule has 0 amide bonds. The minimum atomic E-state index is -0.426. The van der Waals surface area contributed by atoms with E-state index in [-0.39, 0.29) is 11.9 Å². The summed E-state index contributed by atoms with van der Waals surface area (Å²) < 4.78 is 15.6. The lowest BCUT2D eigenvalue weighted by Crippen LogP contribution is -2.47. The summed E-state index contributed by atoms with van der Waals surface area (Å²) in [7, 11) is 1.37. The molecule has 2 rings (SSSR count). The van der Waals surface area contributed by atoms with E-state index in [1.165, 1.54) is 13.2 Å². The predicted octanol–water partition coefficient (Wildman–Crippen LogP) is 0.869. The Balaban J connectivity index is 1.93. The van der Waals surface area contributed by atoms with Gasteiger partial charge in [0.05, 0.1) is 20.3 Å². The monoisotopic (exact) mass is 198 g/mol. The van der Waals surface area contributed by atoms with Gasteiger partial charge in [-0.05, 0) is 6.42 Å². The van der Waals surface area contributed by atoms with E-state index in [9.17, 15) is 4.79 Å². The Morgan fingerprint density at radius 3 is 2.71 bits per heavy atom. The Bertz CT molecular complexity index is 253. The molecule has 14 heavy (non-hydrogen) atoms. The van der Waals surface area contributed by atoms with Gasteiger partial charge in [-0.3, -0.25) is 0 Å². The lowest BCUT2D eigenvalue weighted by atomic mass is 9.78. The highest BCUT2D eigenvalue weighted by Crippen LogP contribution is 2.45. The summed E-state index contributed by atoms with van der Waals surface area (Å²) in [6.07, 6.45) is 5.19. The van der Waals surface area contributed by atoms with E-state index in [2.05, 4.69) is 4.74 Å². The van der Waals surface area contributed by atoms with Gasteiger partial charge in [0.25, 0.3) is 0 Å². The highest BCUT2D eigenvalue weighted by Gasteiger charge is 2.50. The zero-order chi connectivity index (χ0) is 10.0. The first kappa shape index (κ1) is 9.68. The second kappa shape index (κ2) is 3.71. The number of hydrogen-bond acceptors (Lipinski definition) is 4. The zero-order valence-electron chi connectivity index (χ0n) is 8.19. The van der Waals surface area contributed by atoms with Crippen LogP contribution in [0.4, 0.5) is 0 Å². The molecule has 0 N–H and O–H groups in total. The Hall–Kier alpha value is -0.870. The van der Waals surface area contributed by atoms with Crippen LogP contribution >= 0.6 is 0 Å². The van der Waals surface area contributed by atoms with Gasteiger partial charge in [-0.15, -0.1) is 0 Å². The molecular formula is C10H14O4. The van der Waals surface area contributed by atoms with Crippen molar-refractivity contribution >= 4 is 5.97 Å². The van der Waals surface area contributed by atoms with Crippen molar-refractivity contribution in [2.75, 3.05) is 20.3 Å². The van der Waals surface area contributed by atoms with Crippen LogP contribution in [0.2, 0.25) is 0 Å². The predicted molar refractivity (Wildman–Crippen MR) is 48.5 cm³/mol. The van der Waals surface area contributed by atoms with Crippen molar-refractivity contribution in [1.29, 1.82) is 0 Å². The molecule has 0 aromatic heterocycles. The smallest absolute Gasteiger partial charge is 0.330 e. The number of carbonyl (C=O) groups is 1. The molecule has 78 valence electrons. The molecular weight excluding hydrogens is 184 g/mol. The van der Waals surface area contributed by atoms with Crippen molar-refractivity contribution < 1.29 is 19.0 Å². The van der Waals surface area contributed by atoms with Gasteiger partial charge in [0, 0.05) is 18.4 Å². The van der Waals surface area contributed by atoms with E-state index >= 15 is 0 Å². The summed E-state index contributed by atoms with van der Waals surface area (Å²) in [5, 5.41) is 0. The van der Waals surface area contributed by atoms with Crippen LogP contribution in [-0.4, -0.2) is 32.1 Å². The quantitative estimate of drug-likeness (QED) is 0.488. The van der Waals surface area contributed by atoms with Crippen LogP contribution < -0.4 is 0 Å². The average molecular weight is 198 g/mol. The molecule has 0 aromatic rings. The minimum absolute atomic E-state index is 0.198. The van der Waals surface area contributed by atoms with Crippen LogP contribution in [0, 0.1) is 5.92 Å². The summed E-state index contributed by atoms with van der Waals surface area (Å²) in [6.45, 7) is 1.31. The molecule has 1 heterocycles. The molecule has 0 aromatic carbocycles. The second-order valence-corrected chi connectivity index (χ2v) is 3.54. The first-order valence-corrected chi connectivity index (χ1v) is 4.81. The molecule has 1 aliphatic heterocycles. The van der Waals surface area contributed by atoms with Crippen LogP contribution in [-0.2, 0) is 19.0 Å². The maximum absolute atomic E-state index is 10.9. The molecule has 1 saturated carbocycles. The molecule has 1 saturated heterocycles. The van der Waals surface area contributed by atoms with Crippen molar-refractivity contribution in [3.05, 3.63) is 12.2 Å². The molecule has 2 fully saturated rings. The summed E-state index contributed by atoms with van der Waals surface area (Å²) in [6, 6.07) is 0. The Kier molecular flexibility index (Phi) is 2.56. The van der Waals surface area contributed by atoms with Crippen molar-refractivity contribution in [3.8, 4) is 0 Å². The summed E-state index contributed by atoms with van der Waals surface area (Å²) in [4.78, 5) is 10.9. The fourth-order valence-corrected chi connectivity index (χ4v) is 1.88. The molecule has 4 heteroatoms. The minimum Gasteiger partial charge on any atom is -0.466 e. The fraction of sp³-hybridized carbons (Fsp3) is 0.700. The summed E-state index contributed by atoms with van der Waals surface area (Å²) in [5.41, 5.74) is 0. The van der Waals surface area contributed by atoms with Gasteiger partial charge < -0.3 is 14.2 Å². The van der Waals surface area contributed by atoms with Crippen LogP contribution in [0.3, 0.4) is 0 Å². The topological polar surface area (TPSA) is 44.8 Å². The van der Waals surface area contributed by atoms with Crippen molar-refractivity contribution in [2.45, 2.75) is 18.6 Å². The van der Waals surface area contributed by atoms with E-state index in [0.717, 1.165) is 12.8 Å². The summed E-state index contributed by atoms with van der Waals surface area (Å²) in [5.74, 6) is -0.556. The zero-order valence-corrected chi connectivity index (χ0v) is 8.19. The standard InChI is InChI=1S/C10H14O4/c1-12-9(11)3-2-8-4-5-10(8)13-6-7-14-10/h2-3,8H,4-7H2,1H3/b3-2-. The van der Waals surface area contributed by atoms with Gasteiger partial charge in [-0.2, -0.15) is 0 Å². The number of ether oxygens (including phenoxy) is 3. The number of methoxy groups -OCH3 is 1. The SMILES string of the molecule is COC(=O)/C=C\C1CCC12OCCO2. The normalized spacial score (nSPS) is 29.4. The highest BCUT2D eigenvalue weighted by molar-refractivity contribution is 5.81. The van der Waals surface area contributed by atoms with Gasteiger partial charge in [-0.25, -0.2) is 4.79 Å². The number of carbonyl (C=O) groups excluding carboxylic acids is 1. The molecule has 2 aliphatic rings. The number of esters is 1. The van der Waals surface area contributed by atoms with E-state index < -0.39 is 5.79 Å². The molecule has 1 spiro atoms. The fourth-order valence-electron chi connectivity index (χ4n) is 1.88. The second-order valence-electron chi connectivity index (χ2n) is 3.54. The van der Waals surface area contributed by atoms with Gasteiger partial charge in [-0.1, -0.05) is 6.08 Å². The lowest BCUT2D eigenvalue weighted by Gasteiger charge is -2.43.